The molecule has 0 aromatic carbocycles. The number of carbonyl (C=O) groups excluding carboxylic acids is 1. The standard InChI is InChI=1S/C17H25Br2N3O3SSi/c1-21(24-2)17(23)12-9-22(11-25-6-7-27(3,4)5)20-14(12)8-15-16(19)13(18)10-26-15/h9-10H,6-8,11H2,1-5H3. The second-order valence-corrected chi connectivity index (χ2v) is 15.6. The molecular formula is C17H25Br2N3O3SSi. The zero-order chi connectivity index (χ0) is 20.2. The summed E-state index contributed by atoms with van der Waals surface area (Å²) in [5.74, 6) is -0.229. The highest BCUT2D eigenvalue weighted by molar-refractivity contribution is 9.13. The van der Waals surface area contributed by atoms with Crippen LogP contribution in [0.4, 0.5) is 0 Å². The van der Waals surface area contributed by atoms with Crippen LogP contribution in [0, 0.1) is 0 Å². The van der Waals surface area contributed by atoms with Crippen LogP contribution in [0.5, 0.6) is 0 Å². The molecule has 0 spiro atoms. The van der Waals surface area contributed by atoms with Gasteiger partial charge in [0.1, 0.15) is 6.73 Å². The Morgan fingerprint density at radius 1 is 1.37 bits per heavy atom. The minimum Gasteiger partial charge on any atom is -0.360 e. The summed E-state index contributed by atoms with van der Waals surface area (Å²) in [6.07, 6.45) is 2.29. The minimum absolute atomic E-state index is 0.229. The summed E-state index contributed by atoms with van der Waals surface area (Å²) in [5.41, 5.74) is 1.22. The molecule has 1 amide bonds. The van der Waals surface area contributed by atoms with Gasteiger partial charge in [-0.05, 0) is 37.9 Å². The third-order valence-electron chi connectivity index (χ3n) is 3.94. The van der Waals surface area contributed by atoms with Crippen molar-refractivity contribution in [1.29, 1.82) is 0 Å². The van der Waals surface area contributed by atoms with Gasteiger partial charge in [-0.1, -0.05) is 19.6 Å². The van der Waals surface area contributed by atoms with Crippen LogP contribution in [0.2, 0.25) is 25.7 Å². The Bertz CT molecular complexity index is 789. The second-order valence-electron chi connectivity index (χ2n) is 7.36. The Labute approximate surface area is 182 Å². The summed E-state index contributed by atoms with van der Waals surface area (Å²) in [6.45, 7) is 7.98. The molecule has 2 heterocycles. The van der Waals surface area contributed by atoms with Crippen molar-refractivity contribution in [1.82, 2.24) is 14.8 Å². The molecule has 0 radical (unpaired) electrons. The van der Waals surface area contributed by atoms with Gasteiger partial charge >= 0.3 is 0 Å². The van der Waals surface area contributed by atoms with Gasteiger partial charge in [0.2, 0.25) is 0 Å². The van der Waals surface area contributed by atoms with E-state index < -0.39 is 8.07 Å². The van der Waals surface area contributed by atoms with E-state index in [0.29, 0.717) is 31.0 Å². The average Bonchev–Trinajstić information content (AvgIpc) is 3.15. The van der Waals surface area contributed by atoms with Gasteiger partial charge in [-0.2, -0.15) is 5.10 Å². The van der Waals surface area contributed by atoms with E-state index in [-0.39, 0.29) is 5.91 Å². The van der Waals surface area contributed by atoms with E-state index in [0.717, 1.165) is 19.9 Å². The van der Waals surface area contributed by atoms with Crippen molar-refractivity contribution in [3.63, 3.8) is 0 Å². The normalized spacial score (nSPS) is 11.8. The highest BCUT2D eigenvalue weighted by Crippen LogP contribution is 2.34. The molecule has 6 nitrogen and oxygen atoms in total. The summed E-state index contributed by atoms with van der Waals surface area (Å²) in [6, 6.07) is 1.09. The fourth-order valence-corrected chi connectivity index (χ4v) is 5.15. The number of hydrogen-bond acceptors (Lipinski definition) is 5. The molecule has 10 heteroatoms. The van der Waals surface area contributed by atoms with Crippen LogP contribution in [0.1, 0.15) is 20.9 Å². The van der Waals surface area contributed by atoms with Crippen molar-refractivity contribution < 1.29 is 14.4 Å². The largest absolute Gasteiger partial charge is 0.360 e. The smallest absolute Gasteiger partial charge is 0.280 e. The van der Waals surface area contributed by atoms with Crippen molar-refractivity contribution >= 4 is 57.2 Å². The van der Waals surface area contributed by atoms with Gasteiger partial charge in [0, 0.05) is 53.5 Å². The van der Waals surface area contributed by atoms with Crippen LogP contribution in [0.25, 0.3) is 0 Å². The lowest BCUT2D eigenvalue weighted by Crippen LogP contribution is -2.26. The zero-order valence-corrected chi connectivity index (χ0v) is 21.2. The Kier molecular flexibility index (Phi) is 8.26. The number of rotatable bonds is 9. The maximum Gasteiger partial charge on any atom is 0.280 e. The lowest BCUT2D eigenvalue weighted by atomic mass is 10.1. The maximum absolute atomic E-state index is 12.6. The van der Waals surface area contributed by atoms with E-state index in [4.69, 9.17) is 9.57 Å². The van der Waals surface area contributed by atoms with E-state index in [9.17, 15) is 4.79 Å². The summed E-state index contributed by atoms with van der Waals surface area (Å²) >= 11 is 8.69. The Balaban J connectivity index is 2.18. The first-order valence-corrected chi connectivity index (χ1v) is 14.7. The van der Waals surface area contributed by atoms with E-state index in [2.05, 4.69) is 56.6 Å². The number of hydroxylamine groups is 2. The van der Waals surface area contributed by atoms with Crippen LogP contribution in [-0.2, 0) is 22.7 Å². The number of nitrogens with zero attached hydrogens (tertiary/aromatic N) is 3. The highest BCUT2D eigenvalue weighted by Gasteiger charge is 2.22. The van der Waals surface area contributed by atoms with Gasteiger partial charge in [0.05, 0.1) is 18.4 Å². The van der Waals surface area contributed by atoms with Gasteiger partial charge in [-0.3, -0.25) is 9.63 Å². The maximum atomic E-state index is 12.6. The molecule has 0 bridgehead atoms. The average molecular weight is 539 g/mol. The molecule has 0 saturated carbocycles. The van der Waals surface area contributed by atoms with E-state index in [1.165, 1.54) is 12.2 Å². The molecule has 0 saturated heterocycles. The molecule has 0 fully saturated rings. The molecule has 150 valence electrons. The predicted octanol–water partition coefficient (Wildman–Crippen LogP) is 5.01. The molecule has 0 aliphatic heterocycles. The number of amides is 1. The monoisotopic (exact) mass is 537 g/mol. The number of thiophene rings is 1. The van der Waals surface area contributed by atoms with Crippen LogP contribution in [-0.4, -0.2) is 49.6 Å². The first-order valence-electron chi connectivity index (χ1n) is 8.50. The van der Waals surface area contributed by atoms with Crippen molar-refractivity contribution in [2.45, 2.75) is 38.8 Å². The summed E-state index contributed by atoms with van der Waals surface area (Å²) < 4.78 is 9.45. The fourth-order valence-electron chi connectivity index (χ4n) is 2.26. The van der Waals surface area contributed by atoms with Crippen molar-refractivity contribution in [2.75, 3.05) is 20.8 Å². The molecule has 2 aromatic rings. The molecule has 27 heavy (non-hydrogen) atoms. The SMILES string of the molecule is CON(C)C(=O)c1cn(COCC[Si](C)(C)C)nc1Cc1scc(Br)c1Br. The fraction of sp³-hybridized carbons (Fsp3) is 0.529. The lowest BCUT2D eigenvalue weighted by molar-refractivity contribution is -0.0757. The first-order chi connectivity index (χ1) is 12.6. The molecular weight excluding hydrogens is 514 g/mol. The molecule has 0 unspecified atom stereocenters. The van der Waals surface area contributed by atoms with Crippen molar-refractivity contribution in [3.05, 3.63) is 36.7 Å². The van der Waals surface area contributed by atoms with E-state index in [1.807, 2.05) is 5.38 Å². The van der Waals surface area contributed by atoms with Gasteiger partial charge in [0.25, 0.3) is 5.91 Å². The number of hydrogen-bond donors (Lipinski definition) is 0. The Morgan fingerprint density at radius 2 is 2.07 bits per heavy atom. The van der Waals surface area contributed by atoms with Crippen LogP contribution < -0.4 is 0 Å². The summed E-state index contributed by atoms with van der Waals surface area (Å²) in [5, 5.41) is 7.82. The quantitative estimate of drug-likeness (QED) is 0.256. The molecule has 0 N–H and O–H groups in total. The predicted molar refractivity (Wildman–Crippen MR) is 118 cm³/mol. The van der Waals surface area contributed by atoms with E-state index >= 15 is 0 Å². The number of aromatic nitrogens is 2. The molecule has 0 atom stereocenters. The van der Waals surface area contributed by atoms with E-state index in [1.54, 1.807) is 29.3 Å². The van der Waals surface area contributed by atoms with Crippen LogP contribution in [0.3, 0.4) is 0 Å². The Hall–Kier alpha value is -0.523. The minimum atomic E-state index is -1.13. The molecule has 2 aromatic heterocycles. The van der Waals surface area contributed by atoms with Crippen molar-refractivity contribution in [2.24, 2.45) is 0 Å². The summed E-state index contributed by atoms with van der Waals surface area (Å²) in [4.78, 5) is 18.8. The summed E-state index contributed by atoms with van der Waals surface area (Å²) in [7, 11) is 1.92. The van der Waals surface area contributed by atoms with Gasteiger partial charge in [-0.25, -0.2) is 9.75 Å². The highest BCUT2D eigenvalue weighted by atomic mass is 79.9. The van der Waals surface area contributed by atoms with Gasteiger partial charge in [-0.15, -0.1) is 11.3 Å². The molecule has 2 rings (SSSR count). The zero-order valence-electron chi connectivity index (χ0n) is 16.2. The van der Waals surface area contributed by atoms with Crippen LogP contribution >= 0.6 is 43.2 Å². The first kappa shape index (κ1) is 22.8. The second kappa shape index (κ2) is 9.79. The lowest BCUT2D eigenvalue weighted by Gasteiger charge is -2.15. The number of ether oxygens (including phenoxy) is 1. The number of halogens is 2. The third kappa shape index (κ3) is 6.50. The van der Waals surface area contributed by atoms with Gasteiger partial charge in [0.15, 0.2) is 0 Å². The number of carbonyl (C=O) groups is 1. The van der Waals surface area contributed by atoms with Crippen molar-refractivity contribution in [3.8, 4) is 0 Å². The van der Waals surface area contributed by atoms with Gasteiger partial charge < -0.3 is 4.74 Å². The third-order valence-corrected chi connectivity index (χ3v) is 9.25. The Morgan fingerprint density at radius 3 is 2.63 bits per heavy atom. The molecule has 0 aliphatic carbocycles. The molecule has 0 aliphatic rings. The topological polar surface area (TPSA) is 56.6 Å². The van der Waals surface area contributed by atoms with Crippen LogP contribution in [0.15, 0.2) is 20.5 Å².